The second-order valence-electron chi connectivity index (χ2n) is 5.29. The maximum absolute atomic E-state index is 11.9. The topological polar surface area (TPSA) is 29.5 Å². The van der Waals surface area contributed by atoms with E-state index < -0.39 is 0 Å². The van der Waals surface area contributed by atoms with Gasteiger partial charge in [0.15, 0.2) is 0 Å². The van der Waals surface area contributed by atoms with Crippen LogP contribution in [0.15, 0.2) is 0 Å². The lowest BCUT2D eigenvalue weighted by Crippen LogP contribution is -2.59. The molecule has 0 spiro atoms. The fourth-order valence-corrected chi connectivity index (χ4v) is 3.33. The van der Waals surface area contributed by atoms with Crippen molar-refractivity contribution in [1.29, 1.82) is 0 Å². The minimum Gasteiger partial charge on any atom is -0.444 e. The molecule has 0 N–H and O–H groups in total. The fourth-order valence-electron chi connectivity index (χ4n) is 2.16. The molecular weight excluding hydrogens is 210 g/mol. The van der Waals surface area contributed by atoms with Crippen molar-refractivity contribution in [2.45, 2.75) is 51.3 Å². The maximum Gasteiger partial charge on any atom is 0.410 e. The molecule has 4 heteroatoms. The summed E-state index contributed by atoms with van der Waals surface area (Å²) in [6.07, 6.45) is 2.18. The first-order valence-electron chi connectivity index (χ1n) is 5.56. The molecule has 3 aliphatic heterocycles. The minimum absolute atomic E-state index is 0.119. The Morgan fingerprint density at radius 1 is 1.40 bits per heavy atom. The highest BCUT2D eigenvalue weighted by molar-refractivity contribution is 7.99. The molecule has 0 saturated carbocycles. The number of hydrogen-bond acceptors (Lipinski definition) is 3. The molecule has 3 heterocycles. The lowest BCUT2D eigenvalue weighted by molar-refractivity contribution is -0.0249. The van der Waals surface area contributed by atoms with Crippen molar-refractivity contribution in [3.05, 3.63) is 0 Å². The third-order valence-electron chi connectivity index (χ3n) is 2.84. The number of nitrogens with zero attached hydrogens (tertiary/aromatic N) is 1. The van der Waals surface area contributed by atoms with Gasteiger partial charge in [0.1, 0.15) is 5.60 Å². The Balaban J connectivity index is 1.96. The number of thioether (sulfide) groups is 1. The van der Waals surface area contributed by atoms with Crippen molar-refractivity contribution >= 4 is 17.9 Å². The summed E-state index contributed by atoms with van der Waals surface area (Å²) in [7, 11) is 0. The first-order chi connectivity index (χ1) is 6.97. The van der Waals surface area contributed by atoms with Crippen LogP contribution in [0.25, 0.3) is 0 Å². The van der Waals surface area contributed by atoms with Gasteiger partial charge in [-0.25, -0.2) is 4.79 Å². The molecule has 3 aliphatic rings. The second kappa shape index (κ2) is 3.89. The molecule has 2 unspecified atom stereocenters. The lowest BCUT2D eigenvalue weighted by atomic mass is 9.93. The second-order valence-corrected chi connectivity index (χ2v) is 6.44. The van der Waals surface area contributed by atoms with Crippen LogP contribution in [-0.2, 0) is 4.74 Å². The largest absolute Gasteiger partial charge is 0.444 e. The molecule has 2 bridgehead atoms. The number of carbonyl (C=O) groups excluding carboxylic acids is 1. The van der Waals surface area contributed by atoms with Crippen LogP contribution in [0, 0.1) is 0 Å². The van der Waals surface area contributed by atoms with Gasteiger partial charge < -0.3 is 9.64 Å². The Kier molecular flexibility index (Phi) is 2.88. The van der Waals surface area contributed by atoms with E-state index in [0.29, 0.717) is 12.1 Å². The standard InChI is InChI=1S/C11H19NO2S/c1-11(2,3)14-10(13)12-8-4-5-15-7-9(12)6-8/h8-9H,4-7H2,1-3H3. The first-order valence-corrected chi connectivity index (χ1v) is 6.72. The van der Waals surface area contributed by atoms with E-state index in [2.05, 4.69) is 0 Å². The lowest BCUT2D eigenvalue weighted by Gasteiger charge is -2.46. The van der Waals surface area contributed by atoms with Crippen LogP contribution in [0.1, 0.15) is 33.6 Å². The van der Waals surface area contributed by atoms with Crippen molar-refractivity contribution < 1.29 is 9.53 Å². The van der Waals surface area contributed by atoms with Gasteiger partial charge in [0.25, 0.3) is 0 Å². The van der Waals surface area contributed by atoms with Crippen LogP contribution < -0.4 is 0 Å². The van der Waals surface area contributed by atoms with E-state index in [1.54, 1.807) is 0 Å². The van der Waals surface area contributed by atoms with Crippen molar-refractivity contribution in [3.8, 4) is 0 Å². The van der Waals surface area contributed by atoms with Gasteiger partial charge >= 0.3 is 6.09 Å². The SMILES string of the molecule is CC(C)(C)OC(=O)N1C2CCSCC1C2. The maximum atomic E-state index is 11.9. The molecule has 3 saturated heterocycles. The van der Waals surface area contributed by atoms with E-state index in [-0.39, 0.29) is 11.7 Å². The van der Waals surface area contributed by atoms with Crippen molar-refractivity contribution in [1.82, 2.24) is 4.90 Å². The zero-order valence-electron chi connectivity index (χ0n) is 9.66. The summed E-state index contributed by atoms with van der Waals surface area (Å²) in [5.41, 5.74) is -0.372. The molecule has 0 radical (unpaired) electrons. The first kappa shape index (κ1) is 11.1. The van der Waals surface area contributed by atoms with Crippen molar-refractivity contribution in [2.75, 3.05) is 11.5 Å². The molecule has 0 aromatic carbocycles. The predicted molar refractivity (Wildman–Crippen MR) is 62.2 cm³/mol. The van der Waals surface area contributed by atoms with Crippen LogP contribution in [0.5, 0.6) is 0 Å². The molecule has 1 amide bonds. The van der Waals surface area contributed by atoms with Gasteiger partial charge in [0.2, 0.25) is 0 Å². The normalized spacial score (nSPS) is 30.5. The molecule has 15 heavy (non-hydrogen) atoms. The molecule has 3 rings (SSSR count). The van der Waals surface area contributed by atoms with Gasteiger partial charge in [-0.05, 0) is 39.4 Å². The highest BCUT2D eigenvalue weighted by Gasteiger charge is 2.44. The Labute approximate surface area is 95.5 Å². The molecular formula is C11H19NO2S. The summed E-state index contributed by atoms with van der Waals surface area (Å²) in [6, 6.07) is 0.872. The summed E-state index contributed by atoms with van der Waals surface area (Å²) in [6.45, 7) is 5.76. The quantitative estimate of drug-likeness (QED) is 0.639. The van der Waals surface area contributed by atoms with Crippen LogP contribution in [0.2, 0.25) is 0 Å². The number of amides is 1. The highest BCUT2D eigenvalue weighted by Crippen LogP contribution is 2.36. The highest BCUT2D eigenvalue weighted by atomic mass is 32.2. The third-order valence-corrected chi connectivity index (χ3v) is 3.99. The molecule has 0 aliphatic carbocycles. The van der Waals surface area contributed by atoms with E-state index in [9.17, 15) is 4.79 Å². The van der Waals surface area contributed by atoms with Gasteiger partial charge in [-0.15, -0.1) is 0 Å². The summed E-state index contributed by atoms with van der Waals surface area (Å²) in [4.78, 5) is 13.9. The molecule has 3 fully saturated rings. The van der Waals surface area contributed by atoms with Crippen LogP contribution in [-0.4, -0.2) is 40.2 Å². The van der Waals surface area contributed by atoms with Gasteiger partial charge in [-0.3, -0.25) is 0 Å². The third kappa shape index (κ3) is 2.41. The molecule has 3 nitrogen and oxygen atoms in total. The number of rotatable bonds is 0. The van der Waals surface area contributed by atoms with Gasteiger partial charge in [-0.1, -0.05) is 0 Å². The smallest absolute Gasteiger partial charge is 0.410 e. The fraction of sp³-hybridized carbons (Fsp3) is 0.909. The average molecular weight is 229 g/mol. The summed E-state index contributed by atoms with van der Waals surface area (Å²) >= 11 is 1.96. The Hall–Kier alpha value is -0.380. The summed E-state index contributed by atoms with van der Waals surface area (Å²) in [5.74, 6) is 2.26. The monoisotopic (exact) mass is 229 g/mol. The number of fused-ring (bicyclic) bond motifs is 3. The van der Waals surface area contributed by atoms with E-state index in [1.807, 2.05) is 37.4 Å². The van der Waals surface area contributed by atoms with E-state index in [4.69, 9.17) is 4.74 Å². The Morgan fingerprint density at radius 3 is 2.80 bits per heavy atom. The van der Waals surface area contributed by atoms with Gasteiger partial charge in [0.05, 0.1) is 0 Å². The summed E-state index contributed by atoms with van der Waals surface area (Å²) < 4.78 is 5.41. The van der Waals surface area contributed by atoms with E-state index in [1.165, 1.54) is 12.2 Å². The minimum atomic E-state index is -0.372. The van der Waals surface area contributed by atoms with E-state index in [0.717, 1.165) is 12.2 Å². The number of hydrogen-bond donors (Lipinski definition) is 0. The average Bonchev–Trinajstić information content (AvgIpc) is 2.31. The summed E-state index contributed by atoms with van der Waals surface area (Å²) in [5, 5.41) is 0. The molecule has 86 valence electrons. The van der Waals surface area contributed by atoms with Gasteiger partial charge in [-0.2, -0.15) is 11.8 Å². The molecule has 0 aromatic rings. The Bertz CT molecular complexity index is 246. The van der Waals surface area contributed by atoms with E-state index >= 15 is 0 Å². The van der Waals surface area contributed by atoms with Gasteiger partial charge in [0, 0.05) is 17.8 Å². The number of ether oxygens (including phenoxy) is 1. The van der Waals surface area contributed by atoms with Crippen LogP contribution in [0.3, 0.4) is 0 Å². The van der Waals surface area contributed by atoms with Crippen LogP contribution >= 0.6 is 11.8 Å². The van der Waals surface area contributed by atoms with Crippen molar-refractivity contribution in [3.63, 3.8) is 0 Å². The zero-order chi connectivity index (χ0) is 11.1. The predicted octanol–water partition coefficient (Wildman–Crippen LogP) is 2.50. The molecule has 0 aromatic heterocycles. The van der Waals surface area contributed by atoms with Crippen LogP contribution in [0.4, 0.5) is 4.79 Å². The Morgan fingerprint density at radius 2 is 2.13 bits per heavy atom. The zero-order valence-corrected chi connectivity index (χ0v) is 10.5. The van der Waals surface area contributed by atoms with Crippen molar-refractivity contribution in [2.24, 2.45) is 0 Å². The molecule has 2 atom stereocenters. The number of carbonyl (C=O) groups is 1.